The van der Waals surface area contributed by atoms with Gasteiger partial charge in [-0.1, -0.05) is 11.6 Å². The van der Waals surface area contributed by atoms with Gasteiger partial charge in [-0.25, -0.2) is 4.39 Å². The minimum absolute atomic E-state index is 0.208. The Balaban J connectivity index is 2.10. The minimum Gasteiger partial charge on any atom is -0.354 e. The van der Waals surface area contributed by atoms with Crippen LogP contribution in [0.4, 0.5) is 4.39 Å². The molecule has 0 saturated carbocycles. The van der Waals surface area contributed by atoms with E-state index in [9.17, 15) is 4.39 Å². The lowest BCUT2D eigenvalue weighted by molar-refractivity contribution is 0.628. The molecule has 0 fully saturated rings. The van der Waals surface area contributed by atoms with Crippen LogP contribution in [0.15, 0.2) is 42.5 Å². The predicted molar refractivity (Wildman–Crippen MR) is 90.4 cm³/mol. The summed E-state index contributed by atoms with van der Waals surface area (Å²) in [6, 6.07) is 13.1. The van der Waals surface area contributed by atoms with Crippen LogP contribution in [0.5, 0.6) is 0 Å². The zero-order valence-corrected chi connectivity index (χ0v) is 12.8. The summed E-state index contributed by atoms with van der Waals surface area (Å²) in [4.78, 5) is 3.50. The van der Waals surface area contributed by atoms with Crippen molar-refractivity contribution in [1.29, 1.82) is 0 Å². The molecule has 0 aliphatic rings. The number of aryl methyl sites for hydroxylation is 2. The average Bonchev–Trinajstić information content (AvgIpc) is 2.86. The third kappa shape index (κ3) is 2.90. The van der Waals surface area contributed by atoms with Gasteiger partial charge in [0.15, 0.2) is 0 Å². The highest BCUT2D eigenvalue weighted by atomic mass is 19.1. The smallest absolute Gasteiger partial charge is 0.123 e. The summed E-state index contributed by atoms with van der Waals surface area (Å²) in [5.41, 5.74) is 11.4. The summed E-state index contributed by atoms with van der Waals surface area (Å²) in [5, 5.41) is 1.26. The van der Waals surface area contributed by atoms with E-state index in [-0.39, 0.29) is 5.82 Å². The van der Waals surface area contributed by atoms with Crippen LogP contribution in [0.2, 0.25) is 0 Å². The van der Waals surface area contributed by atoms with Gasteiger partial charge in [0.1, 0.15) is 5.82 Å². The summed E-state index contributed by atoms with van der Waals surface area (Å²) >= 11 is 0. The van der Waals surface area contributed by atoms with E-state index in [0.29, 0.717) is 6.54 Å². The molecule has 0 amide bonds. The summed E-state index contributed by atoms with van der Waals surface area (Å²) < 4.78 is 13.2. The molecule has 3 rings (SSSR count). The van der Waals surface area contributed by atoms with Crippen LogP contribution in [-0.2, 0) is 6.42 Å². The third-order valence-electron chi connectivity index (χ3n) is 4.08. The number of aromatic nitrogens is 1. The minimum atomic E-state index is -0.208. The van der Waals surface area contributed by atoms with Gasteiger partial charge in [-0.3, -0.25) is 0 Å². The zero-order chi connectivity index (χ0) is 15.5. The number of hydrogen-bond donors (Lipinski definition) is 2. The van der Waals surface area contributed by atoms with Gasteiger partial charge in [-0.15, -0.1) is 0 Å². The largest absolute Gasteiger partial charge is 0.354 e. The van der Waals surface area contributed by atoms with E-state index in [1.807, 2.05) is 12.1 Å². The Kier molecular flexibility index (Phi) is 4.25. The van der Waals surface area contributed by atoms with Gasteiger partial charge in [-0.05, 0) is 80.3 Å². The molecular formula is C19H21FN2. The van der Waals surface area contributed by atoms with Crippen molar-refractivity contribution in [2.75, 3.05) is 6.54 Å². The molecule has 2 aromatic carbocycles. The molecule has 1 aromatic heterocycles. The van der Waals surface area contributed by atoms with Gasteiger partial charge in [0.25, 0.3) is 0 Å². The molecular weight excluding hydrogens is 275 g/mol. The first-order valence-corrected chi connectivity index (χ1v) is 7.76. The lowest BCUT2D eigenvalue weighted by Crippen LogP contribution is -1.99. The fraction of sp³-hybridized carbons (Fsp3) is 0.263. The first kappa shape index (κ1) is 14.8. The van der Waals surface area contributed by atoms with Gasteiger partial charge in [-0.2, -0.15) is 0 Å². The van der Waals surface area contributed by atoms with Gasteiger partial charge < -0.3 is 10.7 Å². The molecule has 0 aliphatic carbocycles. The fourth-order valence-electron chi connectivity index (χ4n) is 2.93. The molecule has 3 aromatic rings. The summed E-state index contributed by atoms with van der Waals surface area (Å²) in [7, 11) is 0. The average molecular weight is 296 g/mol. The molecule has 22 heavy (non-hydrogen) atoms. The first-order valence-electron chi connectivity index (χ1n) is 7.76. The Hall–Kier alpha value is -2.13. The van der Waals surface area contributed by atoms with Crippen LogP contribution in [0.3, 0.4) is 0 Å². The molecule has 0 atom stereocenters. The molecule has 0 saturated heterocycles. The van der Waals surface area contributed by atoms with E-state index >= 15 is 0 Å². The quantitative estimate of drug-likeness (QED) is 0.666. The van der Waals surface area contributed by atoms with Gasteiger partial charge in [0, 0.05) is 16.6 Å². The molecule has 0 radical (unpaired) electrons. The van der Waals surface area contributed by atoms with Crippen LogP contribution < -0.4 is 5.73 Å². The molecule has 1 heterocycles. The van der Waals surface area contributed by atoms with Crippen molar-refractivity contribution in [2.45, 2.75) is 26.2 Å². The fourth-order valence-corrected chi connectivity index (χ4v) is 2.93. The second-order valence-electron chi connectivity index (χ2n) is 5.78. The first-order chi connectivity index (χ1) is 10.7. The van der Waals surface area contributed by atoms with Crippen molar-refractivity contribution in [1.82, 2.24) is 4.98 Å². The van der Waals surface area contributed by atoms with Crippen LogP contribution in [0.25, 0.3) is 22.2 Å². The van der Waals surface area contributed by atoms with E-state index in [2.05, 4.69) is 30.1 Å². The molecule has 0 aliphatic heterocycles. The number of aromatic amines is 1. The van der Waals surface area contributed by atoms with Crippen LogP contribution in [-0.4, -0.2) is 11.5 Å². The maximum absolute atomic E-state index is 13.2. The van der Waals surface area contributed by atoms with Gasteiger partial charge >= 0.3 is 0 Å². The highest BCUT2D eigenvalue weighted by molar-refractivity contribution is 5.91. The lowest BCUT2D eigenvalue weighted by Gasteiger charge is -2.05. The summed E-state index contributed by atoms with van der Waals surface area (Å²) in [5.74, 6) is -0.208. The number of unbranched alkanes of at least 4 members (excludes halogenated alkanes) is 1. The Labute approximate surface area is 130 Å². The maximum atomic E-state index is 13.2. The number of halogens is 1. The predicted octanol–water partition coefficient (Wildman–Crippen LogP) is 4.56. The van der Waals surface area contributed by atoms with Crippen molar-refractivity contribution >= 4 is 10.9 Å². The highest BCUT2D eigenvalue weighted by Gasteiger charge is 2.13. The Morgan fingerprint density at radius 2 is 1.82 bits per heavy atom. The molecule has 0 spiro atoms. The molecule has 114 valence electrons. The van der Waals surface area contributed by atoms with E-state index in [1.54, 1.807) is 0 Å². The number of H-pyrrole nitrogens is 1. The SMILES string of the molecule is Cc1ccc2[nH]c(-c3ccc(F)cc3)c(CCCCN)c2c1. The number of hydrogen-bond acceptors (Lipinski definition) is 1. The Morgan fingerprint density at radius 1 is 1.05 bits per heavy atom. The van der Waals surface area contributed by atoms with Crippen LogP contribution >= 0.6 is 0 Å². The number of nitrogens with two attached hydrogens (primary N) is 1. The van der Waals surface area contributed by atoms with Crippen molar-refractivity contribution in [3.8, 4) is 11.3 Å². The number of rotatable bonds is 5. The van der Waals surface area contributed by atoms with Gasteiger partial charge in [0.05, 0.1) is 0 Å². The van der Waals surface area contributed by atoms with Crippen molar-refractivity contribution < 1.29 is 4.39 Å². The van der Waals surface area contributed by atoms with E-state index in [4.69, 9.17) is 5.73 Å². The van der Waals surface area contributed by atoms with Crippen molar-refractivity contribution in [3.05, 3.63) is 59.4 Å². The third-order valence-corrected chi connectivity index (χ3v) is 4.08. The standard InChI is InChI=1S/C19H21FN2/c1-13-5-10-18-17(12-13)16(4-2-3-11-21)19(22-18)14-6-8-15(20)9-7-14/h5-10,12,22H,2-4,11,21H2,1H3. The number of benzene rings is 2. The second-order valence-corrected chi connectivity index (χ2v) is 5.78. The highest BCUT2D eigenvalue weighted by Crippen LogP contribution is 2.32. The monoisotopic (exact) mass is 296 g/mol. The zero-order valence-electron chi connectivity index (χ0n) is 12.8. The topological polar surface area (TPSA) is 41.8 Å². The van der Waals surface area contributed by atoms with Crippen LogP contribution in [0.1, 0.15) is 24.0 Å². The summed E-state index contributed by atoms with van der Waals surface area (Å²) in [6.07, 6.45) is 3.06. The van der Waals surface area contributed by atoms with Gasteiger partial charge in [0.2, 0.25) is 0 Å². The Bertz CT molecular complexity index is 772. The number of nitrogens with one attached hydrogen (secondary N) is 1. The second kappa shape index (κ2) is 6.32. The summed E-state index contributed by atoms with van der Waals surface area (Å²) in [6.45, 7) is 2.82. The van der Waals surface area contributed by atoms with Crippen LogP contribution in [0, 0.1) is 12.7 Å². The molecule has 2 nitrogen and oxygen atoms in total. The Morgan fingerprint density at radius 3 is 2.55 bits per heavy atom. The molecule has 0 bridgehead atoms. The van der Waals surface area contributed by atoms with E-state index in [0.717, 1.165) is 36.0 Å². The molecule has 3 heteroatoms. The molecule has 3 N–H and O–H groups in total. The maximum Gasteiger partial charge on any atom is 0.123 e. The lowest BCUT2D eigenvalue weighted by atomic mass is 9.99. The number of fused-ring (bicyclic) bond motifs is 1. The molecule has 0 unspecified atom stereocenters. The van der Waals surface area contributed by atoms with E-state index < -0.39 is 0 Å². The van der Waals surface area contributed by atoms with E-state index in [1.165, 1.54) is 28.6 Å². The van der Waals surface area contributed by atoms with Crippen molar-refractivity contribution in [2.24, 2.45) is 5.73 Å². The normalized spacial score (nSPS) is 11.2. The van der Waals surface area contributed by atoms with Crippen molar-refractivity contribution in [3.63, 3.8) is 0 Å².